The van der Waals surface area contributed by atoms with E-state index in [0.717, 1.165) is 5.56 Å². The molecule has 0 unspecified atom stereocenters. The smallest absolute Gasteiger partial charge is 0.305 e. The van der Waals surface area contributed by atoms with Crippen molar-refractivity contribution in [3.63, 3.8) is 0 Å². The molecule has 0 atom stereocenters. The number of ether oxygens (including phenoxy) is 1. The van der Waals surface area contributed by atoms with Crippen LogP contribution in [-0.4, -0.2) is 47.4 Å². The summed E-state index contributed by atoms with van der Waals surface area (Å²) in [5, 5.41) is 11.5. The minimum atomic E-state index is -1.02. The lowest BCUT2D eigenvalue weighted by Gasteiger charge is -2.25. The minimum absolute atomic E-state index is 0.151. The number of H-pyrrole nitrogens is 1. The molecule has 202 valence electrons. The number of aromatic hydroxyl groups is 1. The Balaban J connectivity index is 1.80. The van der Waals surface area contributed by atoms with Crippen LogP contribution < -0.4 is 10.6 Å². The Hall–Kier alpha value is -4.50. The summed E-state index contributed by atoms with van der Waals surface area (Å²) in [4.78, 5) is 33.5. The van der Waals surface area contributed by atoms with Crippen molar-refractivity contribution in [1.29, 1.82) is 0 Å². The molecule has 0 fully saturated rings. The molecular formula is C30H31FN4O4. The van der Waals surface area contributed by atoms with E-state index in [0.29, 0.717) is 45.5 Å². The van der Waals surface area contributed by atoms with E-state index >= 15 is 0 Å². The number of benzene rings is 3. The van der Waals surface area contributed by atoms with Gasteiger partial charge >= 0.3 is 5.97 Å². The first kappa shape index (κ1) is 27.5. The van der Waals surface area contributed by atoms with E-state index in [1.807, 2.05) is 24.3 Å². The summed E-state index contributed by atoms with van der Waals surface area (Å²) in [5.41, 5.74) is 9.03. The number of hydrogen-bond acceptors (Lipinski definition) is 6. The first-order valence-corrected chi connectivity index (χ1v) is 12.4. The number of esters is 1. The van der Waals surface area contributed by atoms with Crippen molar-refractivity contribution in [3.05, 3.63) is 89.2 Å². The number of anilines is 1. The number of amides is 1. The van der Waals surface area contributed by atoms with Gasteiger partial charge in [-0.1, -0.05) is 18.2 Å². The van der Waals surface area contributed by atoms with E-state index in [1.165, 1.54) is 24.1 Å². The van der Waals surface area contributed by atoms with Crippen molar-refractivity contribution in [3.8, 4) is 5.88 Å². The highest BCUT2D eigenvalue weighted by atomic mass is 19.1. The highest BCUT2D eigenvalue weighted by Gasteiger charge is 2.26. The molecule has 8 nitrogen and oxygen atoms in total. The van der Waals surface area contributed by atoms with E-state index in [2.05, 4.69) is 4.98 Å². The first-order valence-electron chi connectivity index (χ1n) is 12.4. The van der Waals surface area contributed by atoms with E-state index in [-0.39, 0.29) is 24.2 Å². The zero-order chi connectivity index (χ0) is 28.3. The summed E-state index contributed by atoms with van der Waals surface area (Å²) in [6, 6.07) is 18.8. The Morgan fingerprint density at radius 3 is 2.49 bits per heavy atom. The van der Waals surface area contributed by atoms with Crippen LogP contribution in [0.2, 0.25) is 0 Å². The van der Waals surface area contributed by atoms with Crippen LogP contribution in [0.15, 0.2) is 71.7 Å². The summed E-state index contributed by atoms with van der Waals surface area (Å²) in [6.45, 7) is 3.30. The number of aromatic nitrogens is 1. The van der Waals surface area contributed by atoms with Gasteiger partial charge in [0, 0.05) is 30.1 Å². The van der Waals surface area contributed by atoms with Gasteiger partial charge in [0.1, 0.15) is 5.82 Å². The molecule has 0 radical (unpaired) electrons. The number of carbonyl (C=O) groups excluding carboxylic acids is 2. The highest BCUT2D eigenvalue weighted by Crippen LogP contribution is 2.32. The maximum Gasteiger partial charge on any atom is 0.305 e. The fraction of sp³-hybridized carbons (Fsp3) is 0.233. The SMILES string of the molecule is COC(=O)CCc1cccc(C(=Nc2ccc(N(C)C(=O)C(C)(C)N)cc2)c2c(O)[nH]c3cc(F)ccc23)c1. The maximum atomic E-state index is 13.9. The zero-order valence-corrected chi connectivity index (χ0v) is 22.3. The summed E-state index contributed by atoms with van der Waals surface area (Å²) >= 11 is 0. The van der Waals surface area contributed by atoms with Crippen molar-refractivity contribution in [2.24, 2.45) is 10.7 Å². The molecule has 39 heavy (non-hydrogen) atoms. The highest BCUT2D eigenvalue weighted by molar-refractivity contribution is 6.22. The van der Waals surface area contributed by atoms with Gasteiger partial charge in [-0.05, 0) is 74.4 Å². The third-order valence-corrected chi connectivity index (χ3v) is 6.36. The molecule has 4 aromatic rings. The number of aryl methyl sites for hydroxylation is 1. The molecule has 4 rings (SSSR count). The largest absolute Gasteiger partial charge is 0.494 e. The molecule has 0 saturated heterocycles. The third kappa shape index (κ3) is 6.15. The molecule has 0 saturated carbocycles. The molecule has 1 aromatic heterocycles. The second-order valence-electron chi connectivity index (χ2n) is 9.88. The van der Waals surface area contributed by atoms with Gasteiger partial charge in [-0.15, -0.1) is 0 Å². The first-order chi connectivity index (χ1) is 18.5. The van der Waals surface area contributed by atoms with E-state index in [4.69, 9.17) is 15.5 Å². The summed E-state index contributed by atoms with van der Waals surface area (Å²) in [7, 11) is 3.01. The summed E-state index contributed by atoms with van der Waals surface area (Å²) in [5.74, 6) is -1.14. The van der Waals surface area contributed by atoms with Gasteiger partial charge in [-0.25, -0.2) is 9.38 Å². The number of nitrogens with one attached hydrogen (secondary N) is 1. The number of aromatic amines is 1. The van der Waals surface area contributed by atoms with Crippen LogP contribution in [-0.2, 0) is 20.7 Å². The molecule has 9 heteroatoms. The normalized spacial score (nSPS) is 12.0. The number of halogens is 1. The number of hydrogen-bond donors (Lipinski definition) is 3. The van der Waals surface area contributed by atoms with Crippen LogP contribution in [0, 0.1) is 5.82 Å². The number of methoxy groups -OCH3 is 1. The van der Waals surface area contributed by atoms with Crippen molar-refractivity contribution < 1.29 is 23.8 Å². The Morgan fingerprint density at radius 1 is 1.10 bits per heavy atom. The molecule has 4 N–H and O–H groups in total. The van der Waals surface area contributed by atoms with Gasteiger partial charge in [0.2, 0.25) is 5.91 Å². The van der Waals surface area contributed by atoms with Gasteiger partial charge in [0.25, 0.3) is 0 Å². The van der Waals surface area contributed by atoms with Crippen molar-refractivity contribution in [2.75, 3.05) is 19.1 Å². The lowest BCUT2D eigenvalue weighted by atomic mass is 9.97. The monoisotopic (exact) mass is 530 g/mol. The predicted molar refractivity (Wildman–Crippen MR) is 150 cm³/mol. The molecule has 1 heterocycles. The van der Waals surface area contributed by atoms with Crippen molar-refractivity contribution in [2.45, 2.75) is 32.2 Å². The Kier molecular flexibility index (Phi) is 7.83. The maximum absolute atomic E-state index is 13.9. The van der Waals surface area contributed by atoms with Crippen LogP contribution in [0.25, 0.3) is 10.9 Å². The molecule has 0 aliphatic rings. The van der Waals surface area contributed by atoms with E-state index in [9.17, 15) is 19.1 Å². The van der Waals surface area contributed by atoms with Crippen LogP contribution in [0.5, 0.6) is 5.88 Å². The molecular weight excluding hydrogens is 499 g/mol. The Morgan fingerprint density at radius 2 is 1.82 bits per heavy atom. The van der Waals surface area contributed by atoms with E-state index < -0.39 is 11.4 Å². The van der Waals surface area contributed by atoms with Crippen LogP contribution in [0.4, 0.5) is 15.8 Å². The lowest BCUT2D eigenvalue weighted by Crippen LogP contribution is -2.49. The van der Waals surface area contributed by atoms with Gasteiger partial charge in [0.15, 0.2) is 5.88 Å². The predicted octanol–water partition coefficient (Wildman–Crippen LogP) is 4.99. The average molecular weight is 531 g/mol. The van der Waals surface area contributed by atoms with Crippen LogP contribution in [0.1, 0.15) is 37.0 Å². The van der Waals surface area contributed by atoms with Gasteiger partial charge < -0.3 is 25.5 Å². The number of rotatable bonds is 8. The third-order valence-electron chi connectivity index (χ3n) is 6.36. The van der Waals surface area contributed by atoms with E-state index in [1.54, 1.807) is 51.2 Å². The quantitative estimate of drug-likeness (QED) is 0.219. The minimum Gasteiger partial charge on any atom is -0.494 e. The number of nitrogens with zero attached hydrogens (tertiary/aromatic N) is 2. The average Bonchev–Trinajstić information content (AvgIpc) is 3.23. The lowest BCUT2D eigenvalue weighted by molar-refractivity contribution is -0.140. The topological polar surface area (TPSA) is 121 Å². The molecule has 1 amide bonds. The molecule has 0 spiro atoms. The Labute approximate surface area is 225 Å². The summed E-state index contributed by atoms with van der Waals surface area (Å²) < 4.78 is 18.7. The standard InChI is InChI=1S/C30H31FN4O4/c1-30(2,32)29(38)35(3)22-12-10-21(11-13-22)33-27(19-7-5-6-18(16-19)8-15-25(36)39-4)26-23-14-9-20(31)17-24(23)34-28(26)37/h5-7,9-14,16-17,34,37H,8,15,32H2,1-4H3. The van der Waals surface area contributed by atoms with Crippen LogP contribution in [0.3, 0.4) is 0 Å². The number of likely N-dealkylation sites (N-methyl/N-ethyl adjacent to an activating group) is 1. The number of fused-ring (bicyclic) bond motifs is 1. The van der Waals surface area contributed by atoms with Gasteiger partial charge in [-0.2, -0.15) is 0 Å². The zero-order valence-electron chi connectivity index (χ0n) is 22.3. The molecule has 0 aliphatic carbocycles. The number of nitrogens with two attached hydrogens (primary N) is 1. The Bertz CT molecular complexity index is 1550. The van der Waals surface area contributed by atoms with Crippen molar-refractivity contribution in [1.82, 2.24) is 4.98 Å². The number of carbonyl (C=O) groups is 2. The van der Waals surface area contributed by atoms with Crippen molar-refractivity contribution >= 4 is 39.9 Å². The molecule has 0 aliphatic heterocycles. The molecule has 0 bridgehead atoms. The second kappa shape index (κ2) is 11.1. The van der Waals surface area contributed by atoms with Gasteiger partial charge in [-0.3, -0.25) is 9.59 Å². The molecule has 3 aromatic carbocycles. The second-order valence-corrected chi connectivity index (χ2v) is 9.88. The number of aliphatic imine (C=N–C) groups is 1. The fourth-order valence-corrected chi connectivity index (χ4v) is 4.31. The van der Waals surface area contributed by atoms with Gasteiger partial charge in [0.05, 0.1) is 35.1 Å². The summed E-state index contributed by atoms with van der Waals surface area (Å²) in [6.07, 6.45) is 0.683. The van der Waals surface area contributed by atoms with Crippen LogP contribution >= 0.6 is 0 Å². The fourth-order valence-electron chi connectivity index (χ4n) is 4.31.